The minimum absolute atomic E-state index is 0.352. The summed E-state index contributed by atoms with van der Waals surface area (Å²) < 4.78 is 0. The van der Waals surface area contributed by atoms with E-state index < -0.39 is 0 Å². The molecule has 0 aliphatic heterocycles. The molecule has 2 unspecified atom stereocenters. The van der Waals surface area contributed by atoms with Crippen molar-refractivity contribution in [3.63, 3.8) is 0 Å². The predicted octanol–water partition coefficient (Wildman–Crippen LogP) is 5.14. The van der Waals surface area contributed by atoms with Gasteiger partial charge in [0.2, 0.25) is 0 Å². The Bertz CT molecular complexity index is 589. The first kappa shape index (κ1) is 13.5. The maximum Gasteiger partial charge on any atom is 0.156 e. The van der Waals surface area contributed by atoms with Gasteiger partial charge in [0.15, 0.2) is 5.78 Å². The molecule has 0 aromatic carbocycles. The van der Waals surface area contributed by atoms with E-state index in [0.29, 0.717) is 11.2 Å². The Morgan fingerprint density at radius 3 is 2.81 bits per heavy atom. The Kier molecular flexibility index (Phi) is 3.03. The number of rotatable bonds is 0. The number of fused-ring (bicyclic) bond motifs is 4. The second kappa shape index (κ2) is 4.69. The lowest BCUT2D eigenvalue weighted by molar-refractivity contribution is -0.114. The summed E-state index contributed by atoms with van der Waals surface area (Å²) in [5.74, 6) is 2.02. The van der Waals surface area contributed by atoms with E-state index in [1.54, 1.807) is 16.7 Å². The van der Waals surface area contributed by atoms with Gasteiger partial charge in [0.05, 0.1) is 0 Å². The molecule has 1 heteroatoms. The number of carbonyl (C=O) groups excluding carboxylic acids is 1. The van der Waals surface area contributed by atoms with Crippen LogP contribution in [0.5, 0.6) is 0 Å². The van der Waals surface area contributed by atoms with Crippen LogP contribution in [-0.2, 0) is 4.79 Å². The van der Waals surface area contributed by atoms with Crippen LogP contribution in [0.2, 0.25) is 0 Å². The molecule has 0 aromatic rings. The number of hydrogen-bond acceptors (Lipinski definition) is 1. The van der Waals surface area contributed by atoms with Crippen LogP contribution < -0.4 is 0 Å². The molecule has 0 bridgehead atoms. The van der Waals surface area contributed by atoms with Crippen LogP contribution in [-0.4, -0.2) is 5.78 Å². The molecule has 0 saturated heterocycles. The Morgan fingerprint density at radius 1 is 1.14 bits per heavy atom. The fraction of sp³-hybridized carbons (Fsp3) is 0.650. The van der Waals surface area contributed by atoms with Crippen molar-refractivity contribution in [1.29, 1.82) is 0 Å². The SMILES string of the molecule is CC=C1CCC2C3CCC4=CC(=O)CCC4=C3CC[C@]12C. The number of carbonyl (C=O) groups is 1. The molecule has 0 heterocycles. The van der Waals surface area contributed by atoms with Crippen molar-refractivity contribution in [2.75, 3.05) is 0 Å². The van der Waals surface area contributed by atoms with Crippen LogP contribution in [0, 0.1) is 17.3 Å². The lowest BCUT2D eigenvalue weighted by Crippen LogP contribution is -2.37. The third-order valence-electron chi connectivity index (χ3n) is 6.93. The highest BCUT2D eigenvalue weighted by molar-refractivity contribution is 5.93. The zero-order valence-electron chi connectivity index (χ0n) is 13.4. The highest BCUT2D eigenvalue weighted by Gasteiger charge is 2.50. The van der Waals surface area contributed by atoms with Crippen LogP contribution in [0.1, 0.15) is 65.2 Å². The van der Waals surface area contributed by atoms with Crippen LogP contribution >= 0.6 is 0 Å². The van der Waals surface area contributed by atoms with Gasteiger partial charge in [-0.2, -0.15) is 0 Å². The minimum atomic E-state index is 0.352. The zero-order valence-corrected chi connectivity index (χ0v) is 13.4. The molecular formula is C20H26O. The highest BCUT2D eigenvalue weighted by atomic mass is 16.1. The van der Waals surface area contributed by atoms with E-state index in [2.05, 4.69) is 19.9 Å². The summed E-state index contributed by atoms with van der Waals surface area (Å²) in [7, 11) is 0. The molecule has 21 heavy (non-hydrogen) atoms. The normalized spacial score (nSPS) is 40.8. The van der Waals surface area contributed by atoms with Gasteiger partial charge >= 0.3 is 0 Å². The molecule has 0 spiro atoms. The molecule has 4 aliphatic carbocycles. The summed E-state index contributed by atoms with van der Waals surface area (Å²) in [5.41, 5.74) is 6.93. The first-order chi connectivity index (χ1) is 10.1. The standard InChI is InChI=1S/C20H26O/c1-3-14-5-9-19-18-7-4-13-12-15(21)6-8-16(13)17(18)10-11-20(14,19)2/h3,12,18-19H,4-11H2,1-2H3/t18?,19?,20-/m1/s1. The molecule has 0 N–H and O–H groups in total. The Labute approximate surface area is 128 Å². The quantitative estimate of drug-likeness (QED) is 0.562. The van der Waals surface area contributed by atoms with E-state index in [9.17, 15) is 4.79 Å². The maximum atomic E-state index is 11.7. The van der Waals surface area contributed by atoms with Gasteiger partial charge in [-0.1, -0.05) is 24.1 Å². The van der Waals surface area contributed by atoms with E-state index in [1.165, 1.54) is 37.7 Å². The zero-order chi connectivity index (χ0) is 14.6. The molecule has 3 atom stereocenters. The second-order valence-electron chi connectivity index (χ2n) is 7.66. The first-order valence-corrected chi connectivity index (χ1v) is 8.75. The van der Waals surface area contributed by atoms with E-state index in [4.69, 9.17) is 0 Å². The van der Waals surface area contributed by atoms with E-state index >= 15 is 0 Å². The highest BCUT2D eigenvalue weighted by Crippen LogP contribution is 2.61. The van der Waals surface area contributed by atoms with Gasteiger partial charge in [0.25, 0.3) is 0 Å². The van der Waals surface area contributed by atoms with E-state index in [-0.39, 0.29) is 0 Å². The molecule has 0 radical (unpaired) electrons. The summed E-state index contributed by atoms with van der Waals surface area (Å²) in [4.78, 5) is 11.7. The number of hydrogen-bond donors (Lipinski definition) is 0. The van der Waals surface area contributed by atoms with E-state index in [0.717, 1.165) is 31.1 Å². The maximum absolute atomic E-state index is 11.7. The van der Waals surface area contributed by atoms with Gasteiger partial charge in [-0.15, -0.1) is 0 Å². The summed E-state index contributed by atoms with van der Waals surface area (Å²) in [6.45, 7) is 4.75. The molecule has 0 amide bonds. The number of allylic oxidation sites excluding steroid dienone is 6. The van der Waals surface area contributed by atoms with Gasteiger partial charge < -0.3 is 0 Å². The smallest absolute Gasteiger partial charge is 0.156 e. The average Bonchev–Trinajstić information content (AvgIpc) is 2.83. The van der Waals surface area contributed by atoms with Crippen molar-refractivity contribution in [3.8, 4) is 0 Å². The molecule has 4 rings (SSSR count). The lowest BCUT2D eigenvalue weighted by Gasteiger charge is -2.47. The van der Waals surface area contributed by atoms with Crippen molar-refractivity contribution < 1.29 is 4.79 Å². The monoisotopic (exact) mass is 282 g/mol. The molecule has 112 valence electrons. The van der Waals surface area contributed by atoms with Crippen LogP contribution in [0.25, 0.3) is 0 Å². The minimum Gasteiger partial charge on any atom is -0.295 e. The van der Waals surface area contributed by atoms with Crippen molar-refractivity contribution in [1.82, 2.24) is 0 Å². The molecular weight excluding hydrogens is 256 g/mol. The summed E-state index contributed by atoms with van der Waals surface area (Å²) >= 11 is 0. The Balaban J connectivity index is 1.75. The lowest BCUT2D eigenvalue weighted by atomic mass is 9.57. The number of ketones is 1. The molecule has 4 aliphatic rings. The van der Waals surface area contributed by atoms with Gasteiger partial charge in [-0.05, 0) is 86.3 Å². The van der Waals surface area contributed by atoms with Crippen LogP contribution in [0.3, 0.4) is 0 Å². The summed E-state index contributed by atoms with van der Waals surface area (Å²) in [6, 6.07) is 0. The Hall–Kier alpha value is -1.11. The van der Waals surface area contributed by atoms with Gasteiger partial charge in [0.1, 0.15) is 0 Å². The van der Waals surface area contributed by atoms with Crippen molar-refractivity contribution in [2.45, 2.75) is 65.2 Å². The van der Waals surface area contributed by atoms with Crippen molar-refractivity contribution in [3.05, 3.63) is 34.4 Å². The second-order valence-corrected chi connectivity index (χ2v) is 7.66. The summed E-state index contributed by atoms with van der Waals surface area (Å²) in [6.07, 6.45) is 13.9. The Morgan fingerprint density at radius 2 is 2.00 bits per heavy atom. The largest absolute Gasteiger partial charge is 0.295 e. The van der Waals surface area contributed by atoms with Crippen LogP contribution in [0.4, 0.5) is 0 Å². The third kappa shape index (κ3) is 1.86. The molecule has 0 aromatic heterocycles. The fourth-order valence-electron chi connectivity index (χ4n) is 5.85. The van der Waals surface area contributed by atoms with Gasteiger partial charge in [0, 0.05) is 6.42 Å². The first-order valence-electron chi connectivity index (χ1n) is 8.75. The average molecular weight is 282 g/mol. The fourth-order valence-corrected chi connectivity index (χ4v) is 5.85. The molecule has 2 fully saturated rings. The summed E-state index contributed by atoms with van der Waals surface area (Å²) in [5, 5.41) is 0. The molecule has 2 saturated carbocycles. The molecule has 1 nitrogen and oxygen atoms in total. The van der Waals surface area contributed by atoms with E-state index in [1.807, 2.05) is 6.08 Å². The topological polar surface area (TPSA) is 17.1 Å². The predicted molar refractivity (Wildman–Crippen MR) is 85.9 cm³/mol. The van der Waals surface area contributed by atoms with Crippen molar-refractivity contribution in [2.24, 2.45) is 17.3 Å². The van der Waals surface area contributed by atoms with Gasteiger partial charge in [-0.25, -0.2) is 0 Å². The van der Waals surface area contributed by atoms with Gasteiger partial charge in [-0.3, -0.25) is 4.79 Å². The van der Waals surface area contributed by atoms with Crippen LogP contribution in [0.15, 0.2) is 34.4 Å². The third-order valence-corrected chi connectivity index (χ3v) is 6.93. The van der Waals surface area contributed by atoms with Crippen molar-refractivity contribution >= 4 is 5.78 Å².